The fraction of sp³-hybridized carbons (Fsp3) is 0.211. The maximum Gasteiger partial charge on any atom is 0.314 e. The molecule has 0 bridgehead atoms. The van der Waals surface area contributed by atoms with E-state index < -0.39 is 6.03 Å². The molecule has 7 heteroatoms. The highest BCUT2D eigenvalue weighted by Crippen LogP contribution is 2.18. The Kier molecular flexibility index (Phi) is 5.37. The third-order valence-corrected chi connectivity index (χ3v) is 4.89. The smallest absolute Gasteiger partial charge is 0.314 e. The highest BCUT2D eigenvalue weighted by molar-refractivity contribution is 9.10. The Morgan fingerprint density at radius 3 is 2.31 bits per heavy atom. The lowest BCUT2D eigenvalue weighted by Gasteiger charge is -2.16. The number of halogens is 1. The zero-order valence-corrected chi connectivity index (χ0v) is 15.5. The number of likely N-dealkylation sites (tertiary alicyclic amines) is 1. The van der Waals surface area contributed by atoms with Gasteiger partial charge in [0.15, 0.2) is 5.78 Å². The number of carbonyl (C=O) groups is 3. The molecule has 2 aromatic carbocycles. The summed E-state index contributed by atoms with van der Waals surface area (Å²) in [6, 6.07) is 13.0. The number of urea groups is 1. The van der Waals surface area contributed by atoms with E-state index in [2.05, 4.69) is 21.2 Å². The second-order valence-corrected chi connectivity index (χ2v) is 7.04. The normalized spacial score (nSPS) is 16.3. The average Bonchev–Trinajstić information content (AvgIpc) is 3.10. The lowest BCUT2D eigenvalue weighted by molar-refractivity contribution is 0.0928. The van der Waals surface area contributed by atoms with Gasteiger partial charge in [-0.15, -0.1) is 0 Å². The quantitative estimate of drug-likeness (QED) is 0.751. The molecule has 2 aromatic rings. The second-order valence-electron chi connectivity index (χ2n) is 6.12. The Hall–Kier alpha value is -2.67. The number of primary amides is 1. The summed E-state index contributed by atoms with van der Waals surface area (Å²) in [4.78, 5) is 38.2. The zero-order chi connectivity index (χ0) is 18.7. The van der Waals surface area contributed by atoms with Crippen LogP contribution in [-0.2, 0) is 0 Å². The molecule has 0 saturated carbocycles. The van der Waals surface area contributed by atoms with Crippen LogP contribution in [0.25, 0.3) is 0 Å². The maximum atomic E-state index is 12.8. The average molecular weight is 416 g/mol. The van der Waals surface area contributed by atoms with Crippen molar-refractivity contribution in [3.05, 3.63) is 69.7 Å². The molecule has 0 radical (unpaired) electrons. The summed E-state index contributed by atoms with van der Waals surface area (Å²) in [5.41, 5.74) is 6.44. The van der Waals surface area contributed by atoms with Crippen molar-refractivity contribution in [3.63, 3.8) is 0 Å². The Morgan fingerprint density at radius 2 is 1.69 bits per heavy atom. The van der Waals surface area contributed by atoms with Crippen molar-refractivity contribution >= 4 is 33.7 Å². The van der Waals surface area contributed by atoms with Crippen molar-refractivity contribution < 1.29 is 14.4 Å². The zero-order valence-electron chi connectivity index (χ0n) is 13.9. The summed E-state index contributed by atoms with van der Waals surface area (Å²) >= 11 is 3.34. The molecule has 1 fully saturated rings. The van der Waals surface area contributed by atoms with Crippen molar-refractivity contribution in [2.24, 2.45) is 5.73 Å². The Balaban J connectivity index is 1.78. The predicted octanol–water partition coefficient (Wildman–Crippen LogP) is 2.56. The van der Waals surface area contributed by atoms with E-state index >= 15 is 0 Å². The van der Waals surface area contributed by atoms with E-state index in [-0.39, 0.29) is 17.7 Å². The summed E-state index contributed by atoms with van der Waals surface area (Å²) < 4.78 is 0.875. The van der Waals surface area contributed by atoms with Crippen LogP contribution in [-0.4, -0.2) is 41.8 Å². The van der Waals surface area contributed by atoms with E-state index in [1.807, 2.05) is 0 Å². The van der Waals surface area contributed by atoms with Crippen LogP contribution in [0, 0.1) is 0 Å². The molecule has 0 spiro atoms. The van der Waals surface area contributed by atoms with E-state index in [0.717, 1.165) is 4.47 Å². The van der Waals surface area contributed by atoms with Gasteiger partial charge in [0.2, 0.25) is 0 Å². The summed E-state index contributed by atoms with van der Waals surface area (Å²) in [6.07, 6.45) is 0.636. The Morgan fingerprint density at radius 1 is 1.04 bits per heavy atom. The third-order valence-electron chi connectivity index (χ3n) is 4.36. The molecule has 3 amide bonds. The van der Waals surface area contributed by atoms with Gasteiger partial charge in [0.1, 0.15) is 0 Å². The lowest BCUT2D eigenvalue weighted by Crippen LogP contribution is -2.40. The van der Waals surface area contributed by atoms with Crippen LogP contribution >= 0.6 is 15.9 Å². The molecule has 0 aliphatic carbocycles. The molecule has 1 atom stereocenters. The molecule has 134 valence electrons. The van der Waals surface area contributed by atoms with Crippen molar-refractivity contribution in [2.75, 3.05) is 13.1 Å². The highest BCUT2D eigenvalue weighted by atomic mass is 79.9. The van der Waals surface area contributed by atoms with Crippen LogP contribution in [0.3, 0.4) is 0 Å². The number of benzene rings is 2. The Labute approximate surface area is 159 Å². The van der Waals surface area contributed by atoms with Crippen LogP contribution in [0.5, 0.6) is 0 Å². The van der Waals surface area contributed by atoms with Gasteiger partial charge in [0.25, 0.3) is 5.91 Å². The second kappa shape index (κ2) is 7.70. The van der Waals surface area contributed by atoms with Crippen LogP contribution in [0.2, 0.25) is 0 Å². The van der Waals surface area contributed by atoms with Gasteiger partial charge in [-0.1, -0.05) is 34.1 Å². The standard InChI is InChI=1S/C19H18BrN3O3/c20-13-7-5-12(6-8-13)17(24)15-3-1-2-4-16(15)18(25)22-14-9-10-23(11-14)19(21)26/h1-8,14H,9-11H2,(H2,21,26)(H,22,25)/t14-/m0/s1. The highest BCUT2D eigenvalue weighted by Gasteiger charge is 2.27. The fourth-order valence-corrected chi connectivity index (χ4v) is 3.24. The number of amides is 3. The summed E-state index contributed by atoms with van der Waals surface area (Å²) in [7, 11) is 0. The third kappa shape index (κ3) is 3.94. The minimum absolute atomic E-state index is 0.175. The molecule has 6 nitrogen and oxygen atoms in total. The number of hydrogen-bond acceptors (Lipinski definition) is 3. The number of nitrogens with one attached hydrogen (secondary N) is 1. The first kappa shape index (κ1) is 18.1. The molecule has 1 aliphatic rings. The van der Waals surface area contributed by atoms with Gasteiger partial charge in [-0.3, -0.25) is 9.59 Å². The largest absolute Gasteiger partial charge is 0.351 e. The van der Waals surface area contributed by atoms with Gasteiger partial charge in [0, 0.05) is 34.7 Å². The molecule has 1 heterocycles. The Bertz CT molecular complexity index is 851. The molecular weight excluding hydrogens is 398 g/mol. The van der Waals surface area contributed by atoms with Gasteiger partial charge >= 0.3 is 6.03 Å². The molecule has 1 aliphatic heterocycles. The van der Waals surface area contributed by atoms with Gasteiger partial charge in [-0.25, -0.2) is 4.79 Å². The van der Waals surface area contributed by atoms with E-state index in [1.165, 1.54) is 4.90 Å². The SMILES string of the molecule is NC(=O)N1CC[C@H](NC(=O)c2ccccc2C(=O)c2ccc(Br)cc2)C1. The van der Waals surface area contributed by atoms with Crippen LogP contribution in [0.1, 0.15) is 32.7 Å². The first-order chi connectivity index (χ1) is 12.5. The molecule has 3 N–H and O–H groups in total. The number of nitrogens with two attached hydrogens (primary N) is 1. The minimum Gasteiger partial charge on any atom is -0.351 e. The molecule has 0 unspecified atom stereocenters. The van der Waals surface area contributed by atoms with E-state index in [9.17, 15) is 14.4 Å². The predicted molar refractivity (Wildman–Crippen MR) is 101 cm³/mol. The first-order valence-corrected chi connectivity index (χ1v) is 8.99. The van der Waals surface area contributed by atoms with Gasteiger partial charge in [-0.05, 0) is 36.8 Å². The number of carbonyl (C=O) groups excluding carboxylic acids is 3. The van der Waals surface area contributed by atoms with Gasteiger partial charge in [0.05, 0.1) is 5.56 Å². The summed E-state index contributed by atoms with van der Waals surface area (Å²) in [6.45, 7) is 0.893. The van der Waals surface area contributed by atoms with Crippen LogP contribution < -0.4 is 11.1 Å². The number of hydrogen-bond donors (Lipinski definition) is 2. The van der Waals surface area contributed by atoms with E-state index in [0.29, 0.717) is 36.2 Å². The molecule has 1 saturated heterocycles. The van der Waals surface area contributed by atoms with Crippen molar-refractivity contribution in [1.29, 1.82) is 0 Å². The summed E-state index contributed by atoms with van der Waals surface area (Å²) in [5.74, 6) is -0.546. The van der Waals surface area contributed by atoms with Crippen LogP contribution in [0.15, 0.2) is 53.0 Å². The molecular formula is C19H18BrN3O3. The first-order valence-electron chi connectivity index (χ1n) is 8.20. The van der Waals surface area contributed by atoms with Gasteiger partial charge in [-0.2, -0.15) is 0 Å². The summed E-state index contributed by atoms with van der Waals surface area (Å²) in [5, 5.41) is 2.89. The van der Waals surface area contributed by atoms with E-state index in [1.54, 1.807) is 48.5 Å². The van der Waals surface area contributed by atoms with Crippen LogP contribution in [0.4, 0.5) is 4.79 Å². The maximum absolute atomic E-state index is 12.8. The van der Waals surface area contributed by atoms with Crippen molar-refractivity contribution in [2.45, 2.75) is 12.5 Å². The number of nitrogens with zero attached hydrogens (tertiary/aromatic N) is 1. The van der Waals surface area contributed by atoms with Crippen molar-refractivity contribution in [1.82, 2.24) is 10.2 Å². The minimum atomic E-state index is -0.493. The molecule has 26 heavy (non-hydrogen) atoms. The topological polar surface area (TPSA) is 92.5 Å². The number of ketones is 1. The van der Waals surface area contributed by atoms with Crippen molar-refractivity contribution in [3.8, 4) is 0 Å². The van der Waals surface area contributed by atoms with Gasteiger partial charge < -0.3 is 16.0 Å². The molecule has 0 aromatic heterocycles. The van der Waals surface area contributed by atoms with E-state index in [4.69, 9.17) is 5.73 Å². The monoisotopic (exact) mass is 415 g/mol. The fourth-order valence-electron chi connectivity index (χ4n) is 2.98. The molecule has 3 rings (SSSR count). The lowest BCUT2D eigenvalue weighted by atomic mass is 9.97. The number of rotatable bonds is 4.